The minimum absolute atomic E-state index is 0.00823. The molecule has 144 valence electrons. The van der Waals surface area contributed by atoms with Gasteiger partial charge in [-0.2, -0.15) is 0 Å². The highest BCUT2D eigenvalue weighted by Crippen LogP contribution is 2.21. The molecule has 2 rings (SSSR count). The van der Waals surface area contributed by atoms with Crippen LogP contribution >= 0.6 is 0 Å². The van der Waals surface area contributed by atoms with Crippen LogP contribution < -0.4 is 11.1 Å². The SMILES string of the molecule is CC(C)C(N)CCN(C)C(=O)C1CCCN(C(=O)NC2CCCC2)C1. The molecule has 2 atom stereocenters. The van der Waals surface area contributed by atoms with Crippen molar-refractivity contribution in [3.63, 3.8) is 0 Å². The van der Waals surface area contributed by atoms with E-state index in [9.17, 15) is 9.59 Å². The van der Waals surface area contributed by atoms with E-state index in [2.05, 4.69) is 19.2 Å². The summed E-state index contributed by atoms with van der Waals surface area (Å²) in [5, 5.41) is 3.14. The molecule has 0 aromatic rings. The fourth-order valence-corrected chi connectivity index (χ4v) is 3.80. The Hall–Kier alpha value is -1.30. The van der Waals surface area contributed by atoms with E-state index in [1.165, 1.54) is 12.8 Å². The minimum atomic E-state index is -0.0802. The van der Waals surface area contributed by atoms with Crippen molar-refractivity contribution < 1.29 is 9.59 Å². The van der Waals surface area contributed by atoms with Crippen molar-refractivity contribution in [2.45, 2.75) is 70.9 Å². The van der Waals surface area contributed by atoms with E-state index in [1.54, 1.807) is 4.90 Å². The fourth-order valence-electron chi connectivity index (χ4n) is 3.80. The number of carbonyl (C=O) groups is 2. The number of amides is 3. The number of urea groups is 1. The molecule has 0 radical (unpaired) electrons. The van der Waals surface area contributed by atoms with Crippen molar-refractivity contribution in [3.8, 4) is 0 Å². The van der Waals surface area contributed by atoms with E-state index >= 15 is 0 Å². The molecule has 0 bridgehead atoms. The molecule has 6 heteroatoms. The number of rotatable bonds is 6. The van der Waals surface area contributed by atoms with Gasteiger partial charge >= 0.3 is 6.03 Å². The van der Waals surface area contributed by atoms with Crippen molar-refractivity contribution in [2.24, 2.45) is 17.6 Å². The van der Waals surface area contributed by atoms with E-state index in [1.807, 2.05) is 11.9 Å². The van der Waals surface area contributed by atoms with Crippen LogP contribution in [-0.4, -0.2) is 60.5 Å². The van der Waals surface area contributed by atoms with Gasteiger partial charge < -0.3 is 20.9 Å². The number of nitrogens with two attached hydrogens (primary N) is 1. The first-order valence-corrected chi connectivity index (χ1v) is 9.94. The van der Waals surface area contributed by atoms with Gasteiger partial charge in [0.15, 0.2) is 0 Å². The molecule has 2 fully saturated rings. The predicted octanol–water partition coefficient (Wildman–Crippen LogP) is 2.18. The van der Waals surface area contributed by atoms with Gasteiger partial charge in [0.2, 0.25) is 5.91 Å². The molecule has 1 heterocycles. The van der Waals surface area contributed by atoms with E-state index in [0.717, 1.165) is 38.6 Å². The van der Waals surface area contributed by atoms with Gasteiger partial charge in [-0.05, 0) is 38.0 Å². The first-order valence-electron chi connectivity index (χ1n) is 9.94. The Morgan fingerprint density at radius 2 is 1.88 bits per heavy atom. The molecule has 0 spiro atoms. The normalized spacial score (nSPS) is 22.9. The third-order valence-corrected chi connectivity index (χ3v) is 5.77. The Balaban J connectivity index is 1.80. The fraction of sp³-hybridized carbons (Fsp3) is 0.895. The van der Waals surface area contributed by atoms with E-state index in [4.69, 9.17) is 5.73 Å². The maximum absolute atomic E-state index is 12.7. The average molecular weight is 353 g/mol. The van der Waals surface area contributed by atoms with Gasteiger partial charge in [0.25, 0.3) is 0 Å². The zero-order valence-electron chi connectivity index (χ0n) is 16.2. The molecular formula is C19H36N4O2. The van der Waals surface area contributed by atoms with Gasteiger partial charge in [0, 0.05) is 38.8 Å². The summed E-state index contributed by atoms with van der Waals surface area (Å²) in [6.45, 7) is 6.19. The molecule has 3 N–H and O–H groups in total. The molecular weight excluding hydrogens is 316 g/mol. The molecule has 2 unspecified atom stereocenters. The second kappa shape index (κ2) is 9.41. The lowest BCUT2D eigenvalue weighted by Crippen LogP contribution is -2.51. The standard InChI is InChI=1S/C19H36N4O2/c1-14(2)17(20)10-12-22(3)18(24)15-7-6-11-23(13-15)19(25)21-16-8-4-5-9-16/h14-17H,4-13,20H2,1-3H3,(H,21,25). The molecule has 6 nitrogen and oxygen atoms in total. The van der Waals surface area contributed by atoms with Crippen LogP contribution in [0.5, 0.6) is 0 Å². The smallest absolute Gasteiger partial charge is 0.317 e. The Morgan fingerprint density at radius 3 is 2.52 bits per heavy atom. The number of piperidine rings is 1. The Labute approximate surface area is 152 Å². The van der Waals surface area contributed by atoms with Crippen LogP contribution in [-0.2, 0) is 4.79 Å². The summed E-state index contributed by atoms with van der Waals surface area (Å²) >= 11 is 0. The van der Waals surface area contributed by atoms with Gasteiger partial charge in [0.05, 0.1) is 5.92 Å². The van der Waals surface area contributed by atoms with E-state index in [0.29, 0.717) is 25.0 Å². The predicted molar refractivity (Wildman–Crippen MR) is 100 cm³/mol. The van der Waals surface area contributed by atoms with Gasteiger partial charge in [-0.3, -0.25) is 4.79 Å². The van der Waals surface area contributed by atoms with Crippen molar-refractivity contribution in [1.82, 2.24) is 15.1 Å². The second-order valence-electron chi connectivity index (χ2n) is 8.17. The van der Waals surface area contributed by atoms with Crippen LogP contribution in [0.2, 0.25) is 0 Å². The number of nitrogens with one attached hydrogen (secondary N) is 1. The highest BCUT2D eigenvalue weighted by atomic mass is 16.2. The summed E-state index contributed by atoms with van der Waals surface area (Å²) in [5.41, 5.74) is 6.08. The Bertz CT molecular complexity index is 449. The molecule has 3 amide bonds. The van der Waals surface area contributed by atoms with Gasteiger partial charge in [-0.25, -0.2) is 4.79 Å². The van der Waals surface area contributed by atoms with E-state index < -0.39 is 0 Å². The van der Waals surface area contributed by atoms with Crippen LogP contribution in [0.15, 0.2) is 0 Å². The van der Waals surface area contributed by atoms with Gasteiger partial charge in [-0.1, -0.05) is 26.7 Å². The summed E-state index contributed by atoms with van der Waals surface area (Å²) in [4.78, 5) is 28.8. The molecule has 0 aromatic heterocycles. The summed E-state index contributed by atoms with van der Waals surface area (Å²) in [6.07, 6.45) is 7.16. The number of likely N-dealkylation sites (tertiary alicyclic amines) is 1. The van der Waals surface area contributed by atoms with Crippen molar-refractivity contribution >= 4 is 11.9 Å². The maximum Gasteiger partial charge on any atom is 0.317 e. The molecule has 1 aliphatic heterocycles. The lowest BCUT2D eigenvalue weighted by Gasteiger charge is -2.35. The first kappa shape index (κ1) is 20.0. The number of nitrogens with zero attached hydrogens (tertiary/aromatic N) is 2. The minimum Gasteiger partial charge on any atom is -0.345 e. The topological polar surface area (TPSA) is 78.7 Å². The quantitative estimate of drug-likeness (QED) is 0.769. The largest absolute Gasteiger partial charge is 0.345 e. The molecule has 1 saturated heterocycles. The highest BCUT2D eigenvalue weighted by molar-refractivity contribution is 5.80. The van der Waals surface area contributed by atoms with Crippen LogP contribution in [0.25, 0.3) is 0 Å². The van der Waals surface area contributed by atoms with Crippen molar-refractivity contribution in [2.75, 3.05) is 26.7 Å². The summed E-state index contributed by atoms with van der Waals surface area (Å²) < 4.78 is 0. The zero-order valence-corrected chi connectivity index (χ0v) is 16.2. The van der Waals surface area contributed by atoms with Crippen LogP contribution in [0.4, 0.5) is 4.79 Å². The number of hydrogen-bond donors (Lipinski definition) is 2. The summed E-state index contributed by atoms with van der Waals surface area (Å²) in [7, 11) is 1.85. The molecule has 1 aliphatic carbocycles. The van der Waals surface area contributed by atoms with Crippen molar-refractivity contribution in [3.05, 3.63) is 0 Å². The second-order valence-corrected chi connectivity index (χ2v) is 8.17. The van der Waals surface area contributed by atoms with E-state index in [-0.39, 0.29) is 23.9 Å². The Kier molecular flexibility index (Phi) is 7.54. The van der Waals surface area contributed by atoms with Crippen molar-refractivity contribution in [1.29, 1.82) is 0 Å². The van der Waals surface area contributed by atoms with Gasteiger partial charge in [-0.15, -0.1) is 0 Å². The third-order valence-electron chi connectivity index (χ3n) is 5.77. The average Bonchev–Trinajstić information content (AvgIpc) is 3.11. The molecule has 2 aliphatic rings. The zero-order chi connectivity index (χ0) is 18.4. The Morgan fingerprint density at radius 1 is 1.20 bits per heavy atom. The van der Waals surface area contributed by atoms with Crippen LogP contribution in [0.3, 0.4) is 0 Å². The lowest BCUT2D eigenvalue weighted by molar-refractivity contribution is -0.135. The molecule has 25 heavy (non-hydrogen) atoms. The van der Waals surface area contributed by atoms with Crippen LogP contribution in [0.1, 0.15) is 58.8 Å². The highest BCUT2D eigenvalue weighted by Gasteiger charge is 2.31. The maximum atomic E-state index is 12.7. The molecule has 0 aromatic carbocycles. The number of hydrogen-bond acceptors (Lipinski definition) is 3. The van der Waals surface area contributed by atoms with Crippen LogP contribution in [0, 0.1) is 11.8 Å². The summed E-state index contributed by atoms with van der Waals surface area (Å²) in [6, 6.07) is 0.452. The lowest BCUT2D eigenvalue weighted by atomic mass is 9.96. The summed E-state index contributed by atoms with van der Waals surface area (Å²) in [5.74, 6) is 0.491. The first-order chi connectivity index (χ1) is 11.9. The molecule has 1 saturated carbocycles. The third kappa shape index (κ3) is 5.87. The number of carbonyl (C=O) groups excluding carboxylic acids is 2. The van der Waals surface area contributed by atoms with Gasteiger partial charge in [0.1, 0.15) is 0 Å². The monoisotopic (exact) mass is 352 g/mol.